The van der Waals surface area contributed by atoms with Gasteiger partial charge in [-0.1, -0.05) is 43.9 Å². The monoisotopic (exact) mass is 706 g/mol. The van der Waals surface area contributed by atoms with Crippen LogP contribution in [0.4, 0.5) is 8.78 Å². The molecule has 0 unspecified atom stereocenters. The first-order valence-corrected chi connectivity index (χ1v) is 18.9. The number of benzene rings is 1. The number of alkyl halides is 3. The van der Waals surface area contributed by atoms with E-state index in [1.807, 2.05) is 34.9 Å². The van der Waals surface area contributed by atoms with E-state index in [9.17, 15) is 8.78 Å². The number of likely N-dealkylation sites (N-methyl/N-ethyl adjacent to an activating group) is 1. The molecule has 1 fully saturated rings. The first kappa shape index (κ1) is 30.9. The second-order valence-corrected chi connectivity index (χ2v) is 18.9. The van der Waals surface area contributed by atoms with Crippen LogP contribution in [0.3, 0.4) is 0 Å². The lowest BCUT2D eigenvalue weighted by Crippen LogP contribution is -2.43. The lowest BCUT2D eigenvalue weighted by atomic mass is 10.2. The summed E-state index contributed by atoms with van der Waals surface area (Å²) < 4.78 is 39.7. The minimum atomic E-state index is -3.12. The number of rotatable bonds is 11. The lowest BCUT2D eigenvalue weighted by molar-refractivity contribution is 0.0896. The van der Waals surface area contributed by atoms with Crippen LogP contribution in [0.15, 0.2) is 54.7 Å². The number of hydrogen-bond acceptors (Lipinski definition) is 7. The zero-order valence-corrected chi connectivity index (χ0v) is 27.6. The van der Waals surface area contributed by atoms with Crippen molar-refractivity contribution in [1.82, 2.24) is 29.3 Å². The molecule has 224 valence electrons. The zero-order chi connectivity index (χ0) is 29.9. The Morgan fingerprint density at radius 1 is 0.952 bits per heavy atom. The van der Waals surface area contributed by atoms with E-state index in [-0.39, 0.29) is 17.2 Å². The van der Waals surface area contributed by atoms with E-state index in [1.54, 1.807) is 12.1 Å². The molecule has 1 aliphatic rings. The Kier molecular flexibility index (Phi) is 9.57. The first-order valence-electron chi connectivity index (χ1n) is 14.1. The van der Waals surface area contributed by atoms with E-state index >= 15 is 0 Å². The summed E-state index contributed by atoms with van der Waals surface area (Å²) in [6.45, 7) is 12.5. The molecule has 0 saturated carbocycles. The average molecular weight is 707 g/mol. The molecule has 4 aromatic rings. The topological polar surface area (TPSA) is 68.5 Å². The number of aromatic nitrogens is 4. The van der Waals surface area contributed by atoms with Crippen LogP contribution in [-0.4, -0.2) is 77.2 Å². The smallest absolute Gasteiger partial charge is 0.337 e. The number of piperazine rings is 1. The third-order valence-corrected chi connectivity index (χ3v) is 9.46. The van der Waals surface area contributed by atoms with Crippen molar-refractivity contribution in [1.29, 1.82) is 0 Å². The molecule has 3 aromatic heterocycles. The van der Waals surface area contributed by atoms with Gasteiger partial charge in [0.25, 0.3) is 0 Å². The van der Waals surface area contributed by atoms with Crippen molar-refractivity contribution in [3.8, 4) is 23.1 Å². The van der Waals surface area contributed by atoms with Crippen LogP contribution < -0.4 is 4.74 Å². The fourth-order valence-corrected chi connectivity index (χ4v) is 5.80. The predicted octanol–water partition coefficient (Wildman–Crippen LogP) is 6.83. The van der Waals surface area contributed by atoms with Crippen LogP contribution in [-0.2, 0) is 21.9 Å². The maximum absolute atomic E-state index is 14.2. The summed E-state index contributed by atoms with van der Waals surface area (Å²) in [6.07, 6.45) is 2.07. The van der Waals surface area contributed by atoms with Gasteiger partial charge in [0.05, 0.1) is 5.39 Å². The highest BCUT2D eigenvalue weighted by molar-refractivity contribution is 14.1. The van der Waals surface area contributed by atoms with Gasteiger partial charge >= 0.3 is 3.93 Å². The number of pyridine rings is 1. The number of hydrogen-bond donors (Lipinski definition) is 0. The van der Waals surface area contributed by atoms with Crippen molar-refractivity contribution in [3.63, 3.8) is 0 Å². The Labute approximate surface area is 260 Å². The van der Waals surface area contributed by atoms with E-state index in [0.717, 1.165) is 65.8 Å². The summed E-state index contributed by atoms with van der Waals surface area (Å²) >= 11 is 1.09. The van der Waals surface area contributed by atoms with Crippen molar-refractivity contribution in [2.24, 2.45) is 0 Å². The summed E-state index contributed by atoms with van der Waals surface area (Å²) in [5.74, 6) is 1.19. The van der Waals surface area contributed by atoms with Gasteiger partial charge in [-0.3, -0.25) is 4.90 Å². The van der Waals surface area contributed by atoms with Crippen LogP contribution in [0, 0.1) is 0 Å². The zero-order valence-electron chi connectivity index (χ0n) is 24.5. The summed E-state index contributed by atoms with van der Waals surface area (Å²) in [4.78, 5) is 18.6. The van der Waals surface area contributed by atoms with Crippen LogP contribution in [0.1, 0.15) is 11.3 Å². The summed E-state index contributed by atoms with van der Waals surface area (Å²) in [6, 6.07) is 15.0. The second kappa shape index (κ2) is 13.0. The normalized spacial score (nSPS) is 15.4. The van der Waals surface area contributed by atoms with Crippen molar-refractivity contribution in [2.45, 2.75) is 42.9 Å². The molecule has 0 radical (unpaired) electrons. The Hall–Kier alpha value is -2.52. The molecular formula is C30H37F2IN6O2Si. The van der Waals surface area contributed by atoms with Gasteiger partial charge in [0.15, 0.2) is 5.82 Å². The van der Waals surface area contributed by atoms with Crippen molar-refractivity contribution in [3.05, 3.63) is 66.0 Å². The number of para-hydroxylation sites is 1. The number of nitrogens with zero attached hydrogens (tertiary/aromatic N) is 6. The van der Waals surface area contributed by atoms with Gasteiger partial charge < -0.3 is 18.9 Å². The Morgan fingerprint density at radius 2 is 1.69 bits per heavy atom. The lowest BCUT2D eigenvalue weighted by Gasteiger charge is -2.32. The quantitative estimate of drug-likeness (QED) is 0.0734. The van der Waals surface area contributed by atoms with Crippen LogP contribution >= 0.6 is 22.6 Å². The van der Waals surface area contributed by atoms with Gasteiger partial charge in [-0.2, -0.15) is 13.8 Å². The highest BCUT2D eigenvalue weighted by Gasteiger charge is 2.30. The fourth-order valence-electron chi connectivity index (χ4n) is 4.74. The maximum atomic E-state index is 14.2. The molecule has 5 rings (SSSR count). The first-order chi connectivity index (χ1) is 20.0. The molecule has 8 nitrogen and oxygen atoms in total. The van der Waals surface area contributed by atoms with Crippen molar-refractivity contribution >= 4 is 41.7 Å². The van der Waals surface area contributed by atoms with Gasteiger partial charge in [0.1, 0.15) is 29.5 Å². The largest absolute Gasteiger partial charge is 0.438 e. The van der Waals surface area contributed by atoms with E-state index < -0.39 is 12.0 Å². The van der Waals surface area contributed by atoms with Crippen LogP contribution in [0.25, 0.3) is 22.6 Å². The SMILES string of the molecule is CN1CCN(Cc2cn(COCC[Si](C)(C)C)c3nc(-c4cccc(C(F)(F)I)n4)nc(Oc4ccccc4)c23)CC1. The van der Waals surface area contributed by atoms with Gasteiger partial charge in [-0.15, -0.1) is 0 Å². The number of fused-ring (bicyclic) bond motifs is 1. The van der Waals surface area contributed by atoms with E-state index in [0.29, 0.717) is 37.2 Å². The molecule has 0 spiro atoms. The summed E-state index contributed by atoms with van der Waals surface area (Å²) in [5.41, 5.74) is 1.55. The summed E-state index contributed by atoms with van der Waals surface area (Å²) in [7, 11) is 0.872. The molecule has 1 saturated heterocycles. The average Bonchev–Trinajstić information content (AvgIpc) is 3.29. The third kappa shape index (κ3) is 7.89. The van der Waals surface area contributed by atoms with E-state index in [2.05, 4.69) is 47.7 Å². The molecule has 1 aromatic carbocycles. The molecule has 0 amide bonds. The van der Waals surface area contributed by atoms with Crippen LogP contribution in [0.2, 0.25) is 25.7 Å². The molecule has 12 heteroatoms. The molecule has 0 N–H and O–H groups in total. The number of halogens is 3. The van der Waals surface area contributed by atoms with Gasteiger partial charge in [0, 0.05) is 76.2 Å². The van der Waals surface area contributed by atoms with Crippen molar-refractivity contribution in [2.75, 3.05) is 39.8 Å². The minimum Gasteiger partial charge on any atom is -0.438 e. The van der Waals surface area contributed by atoms with E-state index in [1.165, 1.54) is 6.07 Å². The molecule has 0 bridgehead atoms. The standard InChI is InChI=1S/C30H37F2IN6O2Si/c1-37-13-15-38(16-14-37)19-22-20-39(21-40-17-18-42(2,3)4)28-26(22)29(41-23-9-6-5-7-10-23)36-27(35-28)24-11-8-12-25(34-24)30(31,32)33/h5-12,20H,13-19,21H2,1-4H3. The highest BCUT2D eigenvalue weighted by atomic mass is 127. The predicted molar refractivity (Wildman–Crippen MR) is 172 cm³/mol. The molecule has 0 atom stereocenters. The Balaban J connectivity index is 1.61. The molecule has 1 aliphatic heterocycles. The second-order valence-electron chi connectivity index (χ2n) is 11.9. The molecule has 42 heavy (non-hydrogen) atoms. The number of ether oxygens (including phenoxy) is 2. The van der Waals surface area contributed by atoms with Crippen LogP contribution in [0.5, 0.6) is 11.6 Å². The Morgan fingerprint density at radius 3 is 2.38 bits per heavy atom. The van der Waals surface area contributed by atoms with E-state index in [4.69, 9.17) is 19.4 Å². The molecule has 4 heterocycles. The van der Waals surface area contributed by atoms with Gasteiger partial charge in [-0.25, -0.2) is 9.97 Å². The third-order valence-electron chi connectivity index (χ3n) is 7.20. The minimum absolute atomic E-state index is 0.212. The van der Waals surface area contributed by atoms with Gasteiger partial charge in [0.2, 0.25) is 5.88 Å². The summed E-state index contributed by atoms with van der Waals surface area (Å²) in [5, 5.41) is 0.783. The molecule has 0 aliphatic carbocycles. The van der Waals surface area contributed by atoms with Gasteiger partial charge in [-0.05, 0) is 42.9 Å². The fraction of sp³-hybridized carbons (Fsp3) is 0.433. The molecular weight excluding hydrogens is 669 g/mol. The maximum Gasteiger partial charge on any atom is 0.337 e. The van der Waals surface area contributed by atoms with Crippen molar-refractivity contribution < 1.29 is 18.3 Å². The Bertz CT molecular complexity index is 1500. The highest BCUT2D eigenvalue weighted by Crippen LogP contribution is 2.37.